The number of hydrogen-bond donors (Lipinski definition) is 2. The minimum Gasteiger partial charge on any atom is -0.481 e. The van der Waals surface area contributed by atoms with Crippen molar-refractivity contribution in [3.63, 3.8) is 0 Å². The lowest BCUT2D eigenvalue weighted by atomic mass is 9.62. The maximum absolute atomic E-state index is 11.6. The first-order valence-corrected chi connectivity index (χ1v) is 5.98. The van der Waals surface area contributed by atoms with Crippen molar-refractivity contribution in [3.05, 3.63) is 0 Å². The van der Waals surface area contributed by atoms with Gasteiger partial charge in [0.1, 0.15) is 0 Å². The van der Waals surface area contributed by atoms with Gasteiger partial charge in [0.15, 0.2) is 0 Å². The van der Waals surface area contributed by atoms with Crippen molar-refractivity contribution in [3.8, 4) is 0 Å². The highest BCUT2D eigenvalue weighted by atomic mass is 16.6. The monoisotopic (exact) mass is 242 g/mol. The van der Waals surface area contributed by atoms with Crippen molar-refractivity contribution >= 4 is 11.9 Å². The van der Waals surface area contributed by atoms with Crippen LogP contribution in [-0.4, -0.2) is 34.4 Å². The van der Waals surface area contributed by atoms with E-state index in [0.717, 1.165) is 0 Å². The smallest absolute Gasteiger partial charge is 0.310 e. The fourth-order valence-electron chi connectivity index (χ4n) is 3.14. The summed E-state index contributed by atoms with van der Waals surface area (Å²) >= 11 is 0. The van der Waals surface area contributed by atoms with Crippen LogP contribution in [0.15, 0.2) is 0 Å². The van der Waals surface area contributed by atoms with Crippen molar-refractivity contribution in [2.24, 2.45) is 17.3 Å². The third kappa shape index (κ3) is 2.04. The van der Waals surface area contributed by atoms with E-state index >= 15 is 0 Å². The van der Waals surface area contributed by atoms with Gasteiger partial charge in [-0.05, 0) is 25.2 Å². The SMILES string of the molecule is CC(C)CC1(C(=O)O)CC2OC2CC1C(=O)O. The van der Waals surface area contributed by atoms with Crippen LogP contribution in [0.4, 0.5) is 0 Å². The van der Waals surface area contributed by atoms with Crippen LogP contribution in [0.2, 0.25) is 0 Å². The van der Waals surface area contributed by atoms with Crippen LogP contribution in [0.25, 0.3) is 0 Å². The highest BCUT2D eigenvalue weighted by molar-refractivity contribution is 5.84. The molecule has 0 radical (unpaired) electrons. The molecule has 1 saturated heterocycles. The molecule has 4 atom stereocenters. The number of rotatable bonds is 4. The number of carboxylic acids is 2. The van der Waals surface area contributed by atoms with Gasteiger partial charge in [0.2, 0.25) is 0 Å². The fraction of sp³-hybridized carbons (Fsp3) is 0.833. The molecule has 2 N–H and O–H groups in total. The Labute approximate surface area is 99.8 Å². The Morgan fingerprint density at radius 3 is 2.47 bits per heavy atom. The Hall–Kier alpha value is -1.10. The summed E-state index contributed by atoms with van der Waals surface area (Å²) in [6.07, 6.45) is 0.990. The lowest BCUT2D eigenvalue weighted by molar-refractivity contribution is -0.166. The Balaban J connectivity index is 2.31. The molecule has 2 fully saturated rings. The molecule has 0 aromatic rings. The van der Waals surface area contributed by atoms with Crippen LogP contribution >= 0.6 is 0 Å². The summed E-state index contributed by atoms with van der Waals surface area (Å²) in [7, 11) is 0. The average molecular weight is 242 g/mol. The standard InChI is InChI=1S/C12H18O5/c1-6(2)4-12(11(15)16)5-9-8(17-9)3-7(12)10(13)14/h6-9H,3-5H2,1-2H3,(H,13,14)(H,15,16). The van der Waals surface area contributed by atoms with E-state index in [0.29, 0.717) is 19.3 Å². The minimum atomic E-state index is -1.16. The first-order chi connectivity index (χ1) is 7.86. The van der Waals surface area contributed by atoms with E-state index in [1.165, 1.54) is 0 Å². The quantitative estimate of drug-likeness (QED) is 0.727. The molecule has 1 aliphatic carbocycles. The number of aliphatic carboxylic acids is 2. The van der Waals surface area contributed by atoms with Gasteiger partial charge in [0.05, 0.1) is 23.5 Å². The molecule has 1 heterocycles. The largest absolute Gasteiger partial charge is 0.481 e. The van der Waals surface area contributed by atoms with Crippen molar-refractivity contribution in [1.29, 1.82) is 0 Å². The highest BCUT2D eigenvalue weighted by Crippen LogP contribution is 2.53. The van der Waals surface area contributed by atoms with Gasteiger partial charge in [-0.15, -0.1) is 0 Å². The third-order valence-electron chi connectivity index (χ3n) is 3.88. The molecule has 0 spiro atoms. The number of ether oxygens (including phenoxy) is 1. The van der Waals surface area contributed by atoms with Gasteiger partial charge in [-0.2, -0.15) is 0 Å². The first kappa shape index (κ1) is 12.4. The summed E-state index contributed by atoms with van der Waals surface area (Å²) in [4.78, 5) is 22.9. The maximum atomic E-state index is 11.6. The zero-order valence-electron chi connectivity index (χ0n) is 10.0. The lowest BCUT2D eigenvalue weighted by Gasteiger charge is -2.38. The van der Waals surface area contributed by atoms with Crippen LogP contribution < -0.4 is 0 Å². The van der Waals surface area contributed by atoms with Crippen LogP contribution in [0.3, 0.4) is 0 Å². The average Bonchev–Trinajstić information content (AvgIpc) is 2.92. The molecule has 17 heavy (non-hydrogen) atoms. The normalized spacial score (nSPS) is 39.8. The fourth-order valence-corrected chi connectivity index (χ4v) is 3.14. The van der Waals surface area contributed by atoms with Gasteiger partial charge in [-0.25, -0.2) is 0 Å². The van der Waals surface area contributed by atoms with Crippen LogP contribution in [0.1, 0.15) is 33.1 Å². The summed E-state index contributed by atoms with van der Waals surface area (Å²) < 4.78 is 5.32. The predicted molar refractivity (Wildman–Crippen MR) is 58.5 cm³/mol. The number of fused-ring (bicyclic) bond motifs is 1. The van der Waals surface area contributed by atoms with E-state index < -0.39 is 23.3 Å². The predicted octanol–water partition coefficient (Wildman–Crippen LogP) is 1.37. The van der Waals surface area contributed by atoms with E-state index in [9.17, 15) is 19.8 Å². The minimum absolute atomic E-state index is 0.0317. The Bertz CT molecular complexity index is 347. The molecule has 0 bridgehead atoms. The zero-order chi connectivity index (χ0) is 12.8. The molecule has 2 rings (SSSR count). The molecule has 96 valence electrons. The van der Waals surface area contributed by atoms with Crippen molar-refractivity contribution in [2.75, 3.05) is 0 Å². The summed E-state index contributed by atoms with van der Waals surface area (Å²) in [5.74, 6) is -2.68. The molecule has 1 saturated carbocycles. The van der Waals surface area contributed by atoms with Crippen molar-refractivity contribution in [2.45, 2.75) is 45.3 Å². The molecule has 0 aromatic carbocycles. The summed E-state index contributed by atoms with van der Waals surface area (Å²) in [6, 6.07) is 0. The molecule has 0 aromatic heterocycles. The molecular formula is C12H18O5. The number of carboxylic acid groups (broad SMARTS) is 2. The second-order valence-corrected chi connectivity index (χ2v) is 5.60. The van der Waals surface area contributed by atoms with Gasteiger partial charge in [0, 0.05) is 0 Å². The van der Waals surface area contributed by atoms with Gasteiger partial charge < -0.3 is 14.9 Å². The van der Waals surface area contributed by atoms with Gasteiger partial charge >= 0.3 is 11.9 Å². The van der Waals surface area contributed by atoms with Gasteiger partial charge in [-0.3, -0.25) is 9.59 Å². The topological polar surface area (TPSA) is 87.1 Å². The Morgan fingerprint density at radius 1 is 1.35 bits per heavy atom. The molecule has 4 unspecified atom stereocenters. The van der Waals surface area contributed by atoms with E-state index in [-0.39, 0.29) is 18.1 Å². The summed E-state index contributed by atoms with van der Waals surface area (Å²) in [6.45, 7) is 3.84. The molecule has 5 nitrogen and oxygen atoms in total. The summed E-state index contributed by atoms with van der Waals surface area (Å²) in [5.41, 5.74) is -1.16. The molecule has 0 amide bonds. The van der Waals surface area contributed by atoms with Crippen LogP contribution in [-0.2, 0) is 14.3 Å². The first-order valence-electron chi connectivity index (χ1n) is 5.98. The van der Waals surface area contributed by atoms with Crippen LogP contribution in [0, 0.1) is 17.3 Å². The van der Waals surface area contributed by atoms with Gasteiger partial charge in [-0.1, -0.05) is 13.8 Å². The maximum Gasteiger partial charge on any atom is 0.310 e. The Morgan fingerprint density at radius 2 is 2.00 bits per heavy atom. The van der Waals surface area contributed by atoms with Crippen molar-refractivity contribution < 1.29 is 24.5 Å². The molecular weight excluding hydrogens is 224 g/mol. The van der Waals surface area contributed by atoms with E-state index in [2.05, 4.69) is 0 Å². The Kier molecular flexibility index (Phi) is 2.89. The van der Waals surface area contributed by atoms with Gasteiger partial charge in [0.25, 0.3) is 0 Å². The molecule has 2 aliphatic rings. The van der Waals surface area contributed by atoms with Crippen LogP contribution in [0.5, 0.6) is 0 Å². The summed E-state index contributed by atoms with van der Waals surface area (Å²) in [5, 5.41) is 18.7. The van der Waals surface area contributed by atoms with E-state index in [4.69, 9.17) is 4.74 Å². The van der Waals surface area contributed by atoms with E-state index in [1.807, 2.05) is 13.8 Å². The molecule has 5 heteroatoms. The number of carbonyl (C=O) groups is 2. The lowest BCUT2D eigenvalue weighted by Crippen LogP contribution is -2.47. The third-order valence-corrected chi connectivity index (χ3v) is 3.88. The zero-order valence-corrected chi connectivity index (χ0v) is 10.0. The van der Waals surface area contributed by atoms with Crippen molar-refractivity contribution in [1.82, 2.24) is 0 Å². The van der Waals surface area contributed by atoms with E-state index in [1.54, 1.807) is 0 Å². The molecule has 1 aliphatic heterocycles. The number of epoxide rings is 1. The second-order valence-electron chi connectivity index (χ2n) is 5.60. The second kappa shape index (κ2) is 3.98. The number of hydrogen-bond acceptors (Lipinski definition) is 3. The highest BCUT2D eigenvalue weighted by Gasteiger charge is 2.61.